The Labute approximate surface area is 130 Å². The third-order valence-electron chi connectivity index (χ3n) is 3.56. The van der Waals surface area contributed by atoms with Crippen LogP contribution in [-0.4, -0.2) is 54.2 Å². The SMILES string of the molecule is NS(=O)(=O)c1ccc(C(=O)N2CCCC(O)(C(F)(F)F)C2)cn1. The maximum Gasteiger partial charge on any atom is 0.418 e. The highest BCUT2D eigenvalue weighted by Crippen LogP contribution is 2.37. The first-order valence-corrected chi connectivity index (χ1v) is 8.06. The lowest BCUT2D eigenvalue weighted by atomic mass is 9.92. The van der Waals surface area contributed by atoms with Crippen LogP contribution in [0.15, 0.2) is 23.4 Å². The number of hydrogen-bond donors (Lipinski definition) is 2. The summed E-state index contributed by atoms with van der Waals surface area (Å²) in [5, 5.41) is 14.1. The van der Waals surface area contributed by atoms with Crippen molar-refractivity contribution < 1.29 is 31.5 Å². The third kappa shape index (κ3) is 3.62. The molecule has 0 spiro atoms. The van der Waals surface area contributed by atoms with Crippen LogP contribution in [-0.2, 0) is 10.0 Å². The second-order valence-corrected chi connectivity index (χ2v) is 6.80. The van der Waals surface area contributed by atoms with Gasteiger partial charge in [-0.3, -0.25) is 4.79 Å². The summed E-state index contributed by atoms with van der Waals surface area (Å²) in [6, 6.07) is 2.10. The quantitative estimate of drug-likeness (QED) is 0.792. The minimum Gasteiger partial charge on any atom is -0.379 e. The zero-order valence-corrected chi connectivity index (χ0v) is 12.6. The van der Waals surface area contributed by atoms with Crippen molar-refractivity contribution in [3.63, 3.8) is 0 Å². The minimum atomic E-state index is -4.85. The molecule has 1 aromatic heterocycles. The van der Waals surface area contributed by atoms with Gasteiger partial charge in [-0.25, -0.2) is 18.5 Å². The largest absolute Gasteiger partial charge is 0.418 e. The molecule has 0 saturated carbocycles. The van der Waals surface area contributed by atoms with Gasteiger partial charge in [-0.2, -0.15) is 13.2 Å². The van der Waals surface area contributed by atoms with Crippen LogP contribution < -0.4 is 5.14 Å². The number of primary sulfonamides is 1. The summed E-state index contributed by atoms with van der Waals surface area (Å²) in [7, 11) is -4.03. The number of alkyl halides is 3. The number of sulfonamides is 1. The van der Waals surface area contributed by atoms with E-state index in [-0.39, 0.29) is 18.5 Å². The molecule has 11 heteroatoms. The summed E-state index contributed by atoms with van der Waals surface area (Å²) in [6.45, 7) is -0.833. The normalized spacial score (nSPS) is 22.9. The number of amides is 1. The van der Waals surface area contributed by atoms with Crippen molar-refractivity contribution in [2.45, 2.75) is 29.6 Å². The summed E-state index contributed by atoms with van der Waals surface area (Å²) >= 11 is 0. The molecule has 3 N–H and O–H groups in total. The number of halogens is 3. The van der Waals surface area contributed by atoms with E-state index in [1.54, 1.807) is 0 Å². The lowest BCUT2D eigenvalue weighted by molar-refractivity contribution is -0.271. The smallest absolute Gasteiger partial charge is 0.379 e. The van der Waals surface area contributed by atoms with Crippen LogP contribution in [0.5, 0.6) is 0 Å². The molecule has 1 aliphatic rings. The molecule has 1 amide bonds. The van der Waals surface area contributed by atoms with Crippen LogP contribution in [0, 0.1) is 0 Å². The number of carbonyl (C=O) groups is 1. The van der Waals surface area contributed by atoms with Crippen LogP contribution in [0.1, 0.15) is 23.2 Å². The number of rotatable bonds is 2. The first kappa shape index (κ1) is 17.6. The van der Waals surface area contributed by atoms with E-state index in [4.69, 9.17) is 5.14 Å². The summed E-state index contributed by atoms with van der Waals surface area (Å²) in [4.78, 5) is 16.6. The van der Waals surface area contributed by atoms with E-state index in [1.165, 1.54) is 0 Å². The number of piperidine rings is 1. The molecule has 0 aliphatic carbocycles. The molecule has 23 heavy (non-hydrogen) atoms. The predicted octanol–water partition coefficient (Wildman–Crippen LogP) is 0.258. The molecule has 1 aromatic rings. The van der Waals surface area contributed by atoms with Crippen LogP contribution in [0.2, 0.25) is 0 Å². The molecule has 1 atom stereocenters. The maximum atomic E-state index is 12.9. The highest BCUT2D eigenvalue weighted by atomic mass is 32.2. The summed E-state index contributed by atoms with van der Waals surface area (Å²) in [5.74, 6) is -0.777. The van der Waals surface area contributed by atoms with Gasteiger partial charge in [0.15, 0.2) is 10.6 Å². The van der Waals surface area contributed by atoms with E-state index in [0.717, 1.165) is 23.2 Å². The Morgan fingerprint density at radius 2 is 2.04 bits per heavy atom. The van der Waals surface area contributed by atoms with E-state index in [9.17, 15) is 31.5 Å². The van der Waals surface area contributed by atoms with Crippen molar-refractivity contribution in [3.8, 4) is 0 Å². The molecule has 1 unspecified atom stereocenters. The Balaban J connectivity index is 2.20. The van der Waals surface area contributed by atoms with Crippen LogP contribution in [0.4, 0.5) is 13.2 Å². The number of pyridine rings is 1. The van der Waals surface area contributed by atoms with E-state index in [1.807, 2.05) is 0 Å². The van der Waals surface area contributed by atoms with Crippen molar-refractivity contribution in [1.82, 2.24) is 9.88 Å². The first-order valence-electron chi connectivity index (χ1n) is 6.51. The highest BCUT2D eigenvalue weighted by molar-refractivity contribution is 7.89. The van der Waals surface area contributed by atoms with Gasteiger partial charge in [-0.15, -0.1) is 0 Å². The predicted molar refractivity (Wildman–Crippen MR) is 71.8 cm³/mol. The van der Waals surface area contributed by atoms with Gasteiger partial charge >= 0.3 is 6.18 Å². The number of β-amino-alcohol motifs (C(OH)–C–C–N with tert-alkyl or cyclic N) is 1. The Hall–Kier alpha value is -1.72. The Kier molecular flexibility index (Phi) is 4.39. The number of nitrogens with two attached hydrogens (primary N) is 1. The Morgan fingerprint density at radius 1 is 1.39 bits per heavy atom. The average molecular weight is 353 g/mol. The molecule has 1 fully saturated rings. The standard InChI is InChI=1S/C12H14F3N3O4S/c13-12(14,15)11(20)4-1-5-18(7-11)10(19)8-2-3-9(17-6-8)23(16,21)22/h2-3,6,20H,1,4-5,7H2,(H2,16,21,22). The maximum absolute atomic E-state index is 12.9. The molecule has 2 rings (SSSR count). The van der Waals surface area contributed by atoms with Gasteiger partial charge in [0.2, 0.25) is 0 Å². The molecule has 1 aliphatic heterocycles. The van der Waals surface area contributed by atoms with Crippen molar-refractivity contribution in [3.05, 3.63) is 23.9 Å². The number of nitrogens with zero attached hydrogens (tertiary/aromatic N) is 2. The van der Waals surface area contributed by atoms with E-state index in [0.29, 0.717) is 0 Å². The fourth-order valence-corrected chi connectivity index (χ4v) is 2.76. The van der Waals surface area contributed by atoms with Crippen molar-refractivity contribution >= 4 is 15.9 Å². The highest BCUT2D eigenvalue weighted by Gasteiger charge is 2.55. The molecular weight excluding hydrogens is 339 g/mol. The number of hydrogen-bond acceptors (Lipinski definition) is 5. The summed E-state index contributed by atoms with van der Waals surface area (Å²) in [5.41, 5.74) is -3.04. The fraction of sp³-hybridized carbons (Fsp3) is 0.500. The topological polar surface area (TPSA) is 114 Å². The molecule has 0 radical (unpaired) electrons. The van der Waals surface area contributed by atoms with Crippen molar-refractivity contribution in [2.75, 3.05) is 13.1 Å². The minimum absolute atomic E-state index is 0.00948. The number of carbonyl (C=O) groups excluding carboxylic acids is 1. The van der Waals surface area contributed by atoms with Gasteiger partial charge in [0.25, 0.3) is 15.9 Å². The lowest BCUT2D eigenvalue weighted by Gasteiger charge is -2.40. The molecule has 0 aromatic carbocycles. The van der Waals surface area contributed by atoms with E-state index >= 15 is 0 Å². The van der Waals surface area contributed by atoms with Gasteiger partial charge in [0.1, 0.15) is 0 Å². The summed E-state index contributed by atoms with van der Waals surface area (Å²) in [6.07, 6.45) is -4.42. The second-order valence-electron chi connectivity index (χ2n) is 5.29. The molecule has 1 saturated heterocycles. The van der Waals surface area contributed by atoms with Gasteiger partial charge in [0, 0.05) is 12.7 Å². The van der Waals surface area contributed by atoms with Crippen molar-refractivity contribution in [2.24, 2.45) is 5.14 Å². The van der Waals surface area contributed by atoms with E-state index < -0.39 is 45.7 Å². The van der Waals surface area contributed by atoms with Gasteiger partial charge in [0.05, 0.1) is 12.1 Å². The van der Waals surface area contributed by atoms with E-state index in [2.05, 4.69) is 4.98 Å². The zero-order valence-electron chi connectivity index (χ0n) is 11.7. The molecule has 128 valence electrons. The Morgan fingerprint density at radius 3 is 2.52 bits per heavy atom. The Bertz CT molecular complexity index is 705. The molecule has 0 bridgehead atoms. The average Bonchev–Trinajstić information content (AvgIpc) is 2.44. The van der Waals surface area contributed by atoms with Gasteiger partial charge in [-0.05, 0) is 25.0 Å². The first-order chi connectivity index (χ1) is 10.4. The van der Waals surface area contributed by atoms with Crippen LogP contribution in [0.3, 0.4) is 0 Å². The third-order valence-corrected chi connectivity index (χ3v) is 4.39. The van der Waals surface area contributed by atoms with Gasteiger partial charge < -0.3 is 10.0 Å². The van der Waals surface area contributed by atoms with Crippen LogP contribution >= 0.6 is 0 Å². The van der Waals surface area contributed by atoms with Crippen LogP contribution in [0.25, 0.3) is 0 Å². The molecule has 7 nitrogen and oxygen atoms in total. The second kappa shape index (κ2) is 5.73. The number of aromatic nitrogens is 1. The number of aliphatic hydroxyl groups is 1. The van der Waals surface area contributed by atoms with Gasteiger partial charge in [-0.1, -0.05) is 0 Å². The zero-order chi connectivity index (χ0) is 17.5. The molecule has 2 heterocycles. The molecular formula is C12H14F3N3O4S. The summed E-state index contributed by atoms with van der Waals surface area (Å²) < 4.78 is 60.8. The lowest BCUT2D eigenvalue weighted by Crippen LogP contribution is -2.58. The fourth-order valence-electron chi connectivity index (χ4n) is 2.30. The monoisotopic (exact) mass is 353 g/mol. The number of likely N-dealkylation sites (tertiary alicyclic amines) is 1. The van der Waals surface area contributed by atoms with Crippen molar-refractivity contribution in [1.29, 1.82) is 0 Å².